The number of thioether (sulfide) groups is 1. The van der Waals surface area contributed by atoms with Crippen LogP contribution in [0, 0.1) is 0 Å². The van der Waals surface area contributed by atoms with Crippen LogP contribution in [0.25, 0.3) is 0 Å². The van der Waals surface area contributed by atoms with Gasteiger partial charge in [0.25, 0.3) is 0 Å². The Morgan fingerprint density at radius 1 is 1.04 bits per heavy atom. The van der Waals surface area contributed by atoms with Crippen LogP contribution in [-0.2, 0) is 23.8 Å². The highest BCUT2D eigenvalue weighted by atomic mass is 35.5. The minimum atomic E-state index is -0.632. The van der Waals surface area contributed by atoms with E-state index in [4.69, 9.17) is 42.1 Å². The van der Waals surface area contributed by atoms with E-state index < -0.39 is 18.1 Å². The molecule has 0 heterocycles. The van der Waals surface area contributed by atoms with Crippen LogP contribution in [0.15, 0.2) is 18.2 Å². The van der Waals surface area contributed by atoms with Gasteiger partial charge < -0.3 is 18.9 Å². The second kappa shape index (κ2) is 13.5. The molecule has 0 N–H and O–H groups in total. The Morgan fingerprint density at radius 3 is 2.48 bits per heavy atom. The zero-order valence-corrected chi connectivity index (χ0v) is 17.0. The molecule has 0 amide bonds. The summed E-state index contributed by atoms with van der Waals surface area (Å²) in [5.74, 6) is -0.199. The number of hydrogen-bond acceptors (Lipinski definition) is 8. The highest BCUT2D eigenvalue weighted by Crippen LogP contribution is 2.27. The number of carbonyl (C=O) groups is 3. The van der Waals surface area contributed by atoms with Gasteiger partial charge in [-0.2, -0.15) is 0 Å². The fraction of sp³-hybridized carbons (Fsp3) is 0.471. The lowest BCUT2D eigenvalue weighted by molar-refractivity contribution is -0.151. The number of esters is 2. The summed E-state index contributed by atoms with van der Waals surface area (Å²) in [5.41, 5.74) is 0. The van der Waals surface area contributed by atoms with Crippen molar-refractivity contribution in [1.29, 1.82) is 0 Å². The summed E-state index contributed by atoms with van der Waals surface area (Å²) < 4.78 is 19.7. The van der Waals surface area contributed by atoms with Gasteiger partial charge in [0.2, 0.25) is 6.79 Å². The molecule has 0 aromatic heterocycles. The van der Waals surface area contributed by atoms with E-state index in [9.17, 15) is 14.4 Å². The van der Waals surface area contributed by atoms with E-state index in [1.165, 1.54) is 0 Å². The van der Waals surface area contributed by atoms with Crippen molar-refractivity contribution in [1.82, 2.24) is 0 Å². The van der Waals surface area contributed by atoms with Crippen molar-refractivity contribution in [3.8, 4) is 5.75 Å². The molecule has 0 bridgehead atoms. The molecule has 7 nitrogen and oxygen atoms in total. The lowest BCUT2D eigenvalue weighted by Gasteiger charge is -2.08. The van der Waals surface area contributed by atoms with Crippen LogP contribution < -0.4 is 4.74 Å². The van der Waals surface area contributed by atoms with Crippen molar-refractivity contribution in [2.24, 2.45) is 0 Å². The van der Waals surface area contributed by atoms with Gasteiger partial charge in [-0.15, -0.1) is 0 Å². The molecule has 10 heteroatoms. The molecule has 27 heavy (non-hydrogen) atoms. The van der Waals surface area contributed by atoms with Gasteiger partial charge in [-0.3, -0.25) is 9.59 Å². The molecule has 1 aromatic rings. The summed E-state index contributed by atoms with van der Waals surface area (Å²) >= 11 is 12.6. The van der Waals surface area contributed by atoms with Crippen LogP contribution in [0.4, 0.5) is 4.79 Å². The van der Waals surface area contributed by atoms with Crippen molar-refractivity contribution in [3.63, 3.8) is 0 Å². The molecule has 0 spiro atoms. The molecular formula is C17H20Cl2O7S. The van der Waals surface area contributed by atoms with E-state index in [1.54, 1.807) is 25.1 Å². The topological polar surface area (TPSA) is 88.1 Å². The van der Waals surface area contributed by atoms with E-state index in [-0.39, 0.29) is 31.2 Å². The van der Waals surface area contributed by atoms with E-state index in [2.05, 4.69) is 0 Å². The summed E-state index contributed by atoms with van der Waals surface area (Å²) in [7, 11) is 0. The standard InChI is InChI=1S/C17H20Cl2O7S/c1-2-23-16(21)7-9-27-17(22)26-11-25-15(20)4-3-8-24-14-6-5-12(18)10-13(14)19/h5-6,10H,2-4,7-9,11H2,1H3. The molecule has 0 aliphatic carbocycles. The molecule has 0 aliphatic rings. The Morgan fingerprint density at radius 2 is 1.78 bits per heavy atom. The average molecular weight is 439 g/mol. The van der Waals surface area contributed by atoms with E-state index in [1.807, 2.05) is 0 Å². The predicted octanol–water partition coefficient (Wildman–Crippen LogP) is 4.48. The normalized spacial score (nSPS) is 10.2. The van der Waals surface area contributed by atoms with E-state index >= 15 is 0 Å². The summed E-state index contributed by atoms with van der Waals surface area (Å²) in [6.45, 7) is 1.78. The molecule has 0 atom stereocenters. The van der Waals surface area contributed by atoms with Gasteiger partial charge in [-0.25, -0.2) is 4.79 Å². The number of hydrogen-bond donors (Lipinski definition) is 0. The largest absolute Gasteiger partial charge is 0.492 e. The first kappa shape index (κ1) is 23.4. The van der Waals surface area contributed by atoms with Crippen molar-refractivity contribution in [2.45, 2.75) is 26.2 Å². The van der Waals surface area contributed by atoms with Crippen molar-refractivity contribution in [3.05, 3.63) is 28.2 Å². The minimum absolute atomic E-state index is 0.0960. The molecule has 0 aliphatic heterocycles. The van der Waals surface area contributed by atoms with Crippen molar-refractivity contribution < 1.29 is 33.3 Å². The Kier molecular flexibility index (Phi) is 11.7. The molecule has 150 valence electrons. The molecule has 1 rings (SSSR count). The van der Waals surface area contributed by atoms with Crippen molar-refractivity contribution >= 4 is 52.2 Å². The van der Waals surface area contributed by atoms with Gasteiger partial charge in [-0.05, 0) is 43.3 Å². The molecule has 0 fully saturated rings. The third kappa shape index (κ3) is 10.9. The van der Waals surface area contributed by atoms with Crippen LogP contribution in [-0.4, -0.2) is 43.0 Å². The minimum Gasteiger partial charge on any atom is -0.492 e. The van der Waals surface area contributed by atoms with Crippen LogP contribution in [0.2, 0.25) is 10.0 Å². The number of rotatable bonds is 11. The van der Waals surface area contributed by atoms with Gasteiger partial charge in [0.05, 0.1) is 24.7 Å². The first-order valence-electron chi connectivity index (χ1n) is 8.11. The van der Waals surface area contributed by atoms with E-state index in [0.29, 0.717) is 28.8 Å². The molecule has 0 saturated carbocycles. The molecule has 0 radical (unpaired) electrons. The third-order valence-corrected chi connectivity index (χ3v) is 4.20. The quantitative estimate of drug-likeness (QED) is 0.283. The summed E-state index contributed by atoms with van der Waals surface area (Å²) in [5, 5.41) is 0.259. The van der Waals surface area contributed by atoms with Crippen LogP contribution in [0.5, 0.6) is 5.75 Å². The molecular weight excluding hydrogens is 419 g/mol. The Labute approximate surface area is 171 Å². The maximum atomic E-state index is 11.5. The zero-order chi connectivity index (χ0) is 20.1. The monoisotopic (exact) mass is 438 g/mol. The SMILES string of the molecule is CCOC(=O)CCSC(=O)OCOC(=O)CCCOc1ccc(Cl)cc1Cl. The third-order valence-electron chi connectivity index (χ3n) is 2.90. The fourth-order valence-electron chi connectivity index (χ4n) is 1.70. The number of ether oxygens (including phenoxy) is 4. The lowest BCUT2D eigenvalue weighted by Crippen LogP contribution is -2.12. The first-order valence-corrected chi connectivity index (χ1v) is 9.85. The van der Waals surface area contributed by atoms with Gasteiger partial charge in [-0.1, -0.05) is 23.2 Å². The van der Waals surface area contributed by atoms with Gasteiger partial charge in [0.15, 0.2) is 0 Å². The van der Waals surface area contributed by atoms with Gasteiger partial charge >= 0.3 is 17.2 Å². The summed E-state index contributed by atoms with van der Waals surface area (Å²) in [6, 6.07) is 4.85. The van der Waals surface area contributed by atoms with Crippen LogP contribution in [0.1, 0.15) is 26.2 Å². The van der Waals surface area contributed by atoms with Crippen molar-refractivity contribution in [2.75, 3.05) is 25.8 Å². The Hall–Kier alpha value is -1.64. The molecule has 0 unspecified atom stereocenters. The highest BCUT2D eigenvalue weighted by Gasteiger charge is 2.09. The lowest BCUT2D eigenvalue weighted by atomic mass is 10.3. The van der Waals surface area contributed by atoms with Gasteiger partial charge in [0.1, 0.15) is 5.75 Å². The second-order valence-electron chi connectivity index (χ2n) is 4.96. The fourth-order valence-corrected chi connectivity index (χ4v) is 2.73. The second-order valence-corrected chi connectivity index (χ2v) is 6.83. The average Bonchev–Trinajstić information content (AvgIpc) is 2.60. The summed E-state index contributed by atoms with van der Waals surface area (Å²) in [4.78, 5) is 34.0. The number of halogens is 2. The number of carbonyl (C=O) groups excluding carboxylic acids is 3. The van der Waals surface area contributed by atoms with Crippen LogP contribution >= 0.6 is 35.0 Å². The Bertz CT molecular complexity index is 640. The molecule has 1 aromatic carbocycles. The predicted molar refractivity (Wildman–Crippen MR) is 102 cm³/mol. The van der Waals surface area contributed by atoms with Gasteiger partial charge in [0, 0.05) is 17.2 Å². The maximum Gasteiger partial charge on any atom is 0.370 e. The smallest absolute Gasteiger partial charge is 0.370 e. The van der Waals surface area contributed by atoms with Crippen LogP contribution in [0.3, 0.4) is 0 Å². The Balaban J connectivity index is 2.06. The summed E-state index contributed by atoms with van der Waals surface area (Å²) in [6.07, 6.45) is 0.601. The number of benzene rings is 1. The first-order chi connectivity index (χ1) is 12.9. The zero-order valence-electron chi connectivity index (χ0n) is 14.7. The maximum absolute atomic E-state index is 11.5. The highest BCUT2D eigenvalue weighted by molar-refractivity contribution is 8.13. The van der Waals surface area contributed by atoms with E-state index in [0.717, 1.165) is 11.8 Å². The molecule has 0 saturated heterocycles.